The fraction of sp³-hybridized carbons (Fsp3) is 0.350. The molecule has 27 heavy (non-hydrogen) atoms. The van der Waals surface area contributed by atoms with Crippen molar-refractivity contribution >= 4 is 15.9 Å². The summed E-state index contributed by atoms with van der Waals surface area (Å²) in [6, 6.07) is 14.3. The number of ether oxygens (including phenoxy) is 1. The summed E-state index contributed by atoms with van der Waals surface area (Å²) in [5.41, 5.74) is 2.08. The highest BCUT2D eigenvalue weighted by atomic mass is 32.2. The molecule has 7 heteroatoms. The van der Waals surface area contributed by atoms with Crippen LogP contribution in [0.2, 0.25) is 0 Å². The van der Waals surface area contributed by atoms with Crippen molar-refractivity contribution in [2.45, 2.75) is 25.2 Å². The molecule has 1 N–H and O–H groups in total. The van der Waals surface area contributed by atoms with Crippen LogP contribution >= 0.6 is 0 Å². The van der Waals surface area contributed by atoms with Crippen molar-refractivity contribution in [1.82, 2.24) is 9.62 Å². The van der Waals surface area contributed by atoms with Crippen molar-refractivity contribution in [3.05, 3.63) is 59.7 Å². The average molecular weight is 391 g/mol. The molecule has 1 amide bonds. The molecule has 2 rings (SSSR count). The first-order valence-electron chi connectivity index (χ1n) is 8.76. The highest BCUT2D eigenvalue weighted by molar-refractivity contribution is 7.89. The van der Waals surface area contributed by atoms with Gasteiger partial charge in [-0.05, 0) is 43.2 Å². The number of benzene rings is 2. The third kappa shape index (κ3) is 6.37. The zero-order valence-corrected chi connectivity index (χ0v) is 16.8. The highest BCUT2D eigenvalue weighted by Crippen LogP contribution is 2.12. The first-order chi connectivity index (χ1) is 12.8. The van der Waals surface area contributed by atoms with Gasteiger partial charge in [-0.15, -0.1) is 0 Å². The SMILES string of the molecule is COc1ccc(CCN(CCNS(=O)(=O)c2ccc(C)cc2)C(C)=O)cc1. The van der Waals surface area contributed by atoms with Gasteiger partial charge in [0.15, 0.2) is 0 Å². The number of hydrogen-bond acceptors (Lipinski definition) is 4. The van der Waals surface area contributed by atoms with Gasteiger partial charge in [-0.3, -0.25) is 4.79 Å². The molecular weight excluding hydrogens is 364 g/mol. The molecule has 2 aromatic carbocycles. The van der Waals surface area contributed by atoms with E-state index in [4.69, 9.17) is 4.74 Å². The third-order valence-electron chi connectivity index (χ3n) is 4.28. The minimum atomic E-state index is -3.58. The number of sulfonamides is 1. The fourth-order valence-electron chi connectivity index (χ4n) is 2.60. The molecule has 0 spiro atoms. The van der Waals surface area contributed by atoms with Gasteiger partial charge < -0.3 is 9.64 Å². The van der Waals surface area contributed by atoms with Gasteiger partial charge >= 0.3 is 0 Å². The summed E-state index contributed by atoms with van der Waals surface area (Å²) < 4.78 is 32.3. The van der Waals surface area contributed by atoms with Crippen molar-refractivity contribution < 1.29 is 17.9 Å². The Hall–Kier alpha value is -2.38. The maximum Gasteiger partial charge on any atom is 0.240 e. The van der Waals surface area contributed by atoms with Crippen molar-refractivity contribution in [2.24, 2.45) is 0 Å². The lowest BCUT2D eigenvalue weighted by atomic mass is 10.1. The summed E-state index contributed by atoms with van der Waals surface area (Å²) in [6.07, 6.45) is 0.689. The minimum absolute atomic E-state index is 0.0851. The molecule has 146 valence electrons. The van der Waals surface area contributed by atoms with Crippen LogP contribution < -0.4 is 9.46 Å². The van der Waals surface area contributed by atoms with Crippen LogP contribution in [0.3, 0.4) is 0 Å². The van der Waals surface area contributed by atoms with Crippen LogP contribution in [-0.2, 0) is 21.2 Å². The second-order valence-electron chi connectivity index (χ2n) is 6.31. The smallest absolute Gasteiger partial charge is 0.240 e. The largest absolute Gasteiger partial charge is 0.497 e. The van der Waals surface area contributed by atoms with Gasteiger partial charge in [-0.2, -0.15) is 0 Å². The van der Waals surface area contributed by atoms with Gasteiger partial charge in [0.25, 0.3) is 0 Å². The molecule has 0 unspecified atom stereocenters. The Morgan fingerprint density at radius 1 is 1.04 bits per heavy atom. The molecule has 2 aromatic rings. The number of rotatable bonds is 9. The number of nitrogens with zero attached hydrogens (tertiary/aromatic N) is 1. The van der Waals surface area contributed by atoms with E-state index in [2.05, 4.69) is 4.72 Å². The second-order valence-corrected chi connectivity index (χ2v) is 8.08. The van der Waals surface area contributed by atoms with Crippen LogP contribution in [0.5, 0.6) is 5.75 Å². The standard InChI is InChI=1S/C20H26N2O4S/c1-16-4-10-20(11-5-16)27(24,25)21-13-15-22(17(2)23)14-12-18-6-8-19(26-3)9-7-18/h4-11,21H,12-15H2,1-3H3. The quantitative estimate of drug-likeness (QED) is 0.713. The van der Waals surface area contributed by atoms with Crippen molar-refractivity contribution in [3.8, 4) is 5.75 Å². The van der Waals surface area contributed by atoms with Crippen LogP contribution in [0.25, 0.3) is 0 Å². The molecule has 0 saturated heterocycles. The highest BCUT2D eigenvalue weighted by Gasteiger charge is 2.15. The summed E-state index contributed by atoms with van der Waals surface area (Å²) in [4.78, 5) is 13.7. The van der Waals surface area contributed by atoms with Gasteiger partial charge in [-0.1, -0.05) is 29.8 Å². The number of aryl methyl sites for hydroxylation is 1. The molecule has 6 nitrogen and oxygen atoms in total. The molecule has 0 heterocycles. The van der Waals surface area contributed by atoms with Crippen molar-refractivity contribution in [1.29, 1.82) is 0 Å². The van der Waals surface area contributed by atoms with Gasteiger partial charge in [0.05, 0.1) is 12.0 Å². The van der Waals surface area contributed by atoms with Crippen molar-refractivity contribution in [2.75, 3.05) is 26.7 Å². The van der Waals surface area contributed by atoms with E-state index in [-0.39, 0.29) is 17.3 Å². The average Bonchev–Trinajstić information content (AvgIpc) is 2.65. The zero-order chi connectivity index (χ0) is 19.9. The van der Waals surface area contributed by atoms with Gasteiger partial charge in [0.2, 0.25) is 15.9 Å². The predicted molar refractivity (Wildman–Crippen MR) is 105 cm³/mol. The van der Waals surface area contributed by atoms with Crippen LogP contribution in [-0.4, -0.2) is 46.0 Å². The molecule has 0 bridgehead atoms. The summed E-state index contributed by atoms with van der Waals surface area (Å²) >= 11 is 0. The lowest BCUT2D eigenvalue weighted by Crippen LogP contribution is -2.38. The lowest BCUT2D eigenvalue weighted by molar-refractivity contribution is -0.128. The number of amides is 1. The topological polar surface area (TPSA) is 75.7 Å². The number of carbonyl (C=O) groups is 1. The van der Waals surface area contributed by atoms with Crippen molar-refractivity contribution in [3.63, 3.8) is 0 Å². The third-order valence-corrected chi connectivity index (χ3v) is 5.76. The number of hydrogen-bond donors (Lipinski definition) is 1. The molecule has 0 atom stereocenters. The Bertz CT molecular complexity index is 847. The Morgan fingerprint density at radius 3 is 2.22 bits per heavy atom. The van der Waals surface area contributed by atoms with Crippen LogP contribution in [0.4, 0.5) is 0 Å². The first kappa shape index (κ1) is 20.9. The van der Waals surface area contributed by atoms with Crippen LogP contribution in [0, 0.1) is 6.92 Å². The monoisotopic (exact) mass is 390 g/mol. The Morgan fingerprint density at radius 2 is 1.67 bits per heavy atom. The number of nitrogens with one attached hydrogen (secondary N) is 1. The number of methoxy groups -OCH3 is 1. The van der Waals surface area contributed by atoms with E-state index in [1.54, 1.807) is 36.3 Å². The van der Waals surface area contributed by atoms with E-state index in [1.807, 2.05) is 31.2 Å². The lowest BCUT2D eigenvalue weighted by Gasteiger charge is -2.21. The van der Waals surface area contributed by atoms with Gasteiger partial charge in [0, 0.05) is 26.6 Å². The summed E-state index contributed by atoms with van der Waals surface area (Å²) in [5.74, 6) is 0.700. The predicted octanol–water partition coefficient (Wildman–Crippen LogP) is 2.37. The van der Waals surface area contributed by atoms with E-state index in [0.29, 0.717) is 19.5 Å². The summed E-state index contributed by atoms with van der Waals surface area (Å²) in [6.45, 7) is 4.39. The Labute approximate surface area is 161 Å². The van der Waals surface area contributed by atoms with Gasteiger partial charge in [-0.25, -0.2) is 13.1 Å². The van der Waals surface area contributed by atoms with E-state index < -0.39 is 10.0 Å². The van der Waals surface area contributed by atoms with Crippen LogP contribution in [0.15, 0.2) is 53.4 Å². The number of carbonyl (C=O) groups excluding carboxylic acids is 1. The second kappa shape index (κ2) is 9.53. The molecule has 0 aliphatic rings. The van der Waals surface area contributed by atoms with E-state index >= 15 is 0 Å². The Balaban J connectivity index is 1.88. The van der Waals surface area contributed by atoms with E-state index in [1.165, 1.54) is 6.92 Å². The fourth-order valence-corrected chi connectivity index (χ4v) is 3.62. The molecule has 0 fully saturated rings. The molecule has 0 aliphatic carbocycles. The zero-order valence-electron chi connectivity index (χ0n) is 15.9. The molecule has 0 aromatic heterocycles. The normalized spacial score (nSPS) is 11.2. The maximum atomic E-state index is 12.3. The Kier molecular flexibility index (Phi) is 7.38. The van der Waals surface area contributed by atoms with Crippen LogP contribution in [0.1, 0.15) is 18.1 Å². The van der Waals surface area contributed by atoms with E-state index in [0.717, 1.165) is 16.9 Å². The molecule has 0 saturated carbocycles. The summed E-state index contributed by atoms with van der Waals surface area (Å²) in [5, 5.41) is 0. The van der Waals surface area contributed by atoms with E-state index in [9.17, 15) is 13.2 Å². The first-order valence-corrected chi connectivity index (χ1v) is 10.2. The molecule has 0 radical (unpaired) electrons. The molecular formula is C20H26N2O4S. The van der Waals surface area contributed by atoms with Gasteiger partial charge in [0.1, 0.15) is 5.75 Å². The summed E-state index contributed by atoms with van der Waals surface area (Å²) in [7, 11) is -1.96. The maximum absolute atomic E-state index is 12.3. The minimum Gasteiger partial charge on any atom is -0.497 e. The molecule has 0 aliphatic heterocycles.